The Morgan fingerprint density at radius 2 is 1.62 bits per heavy atom. The lowest BCUT2D eigenvalue weighted by Gasteiger charge is -2.22. The lowest BCUT2D eigenvalue weighted by Crippen LogP contribution is -2.45. The van der Waals surface area contributed by atoms with Gasteiger partial charge >= 0.3 is 5.97 Å². The molecule has 0 spiro atoms. The van der Waals surface area contributed by atoms with Crippen LogP contribution in [-0.2, 0) is 19.6 Å². The molecule has 6 nitrogen and oxygen atoms in total. The molecule has 0 radical (unpaired) electrons. The van der Waals surface area contributed by atoms with Crippen LogP contribution in [0.5, 0.6) is 0 Å². The van der Waals surface area contributed by atoms with Crippen molar-refractivity contribution in [1.82, 2.24) is 4.72 Å². The number of aliphatic hydroxyl groups is 1. The largest absolute Gasteiger partial charge is 0.465 e. The second-order valence-electron chi connectivity index (χ2n) is 5.02. The first kappa shape index (κ1) is 18.1. The molecule has 0 saturated heterocycles. The Kier molecular flexibility index (Phi) is 6.08. The Morgan fingerprint density at radius 1 is 1.08 bits per heavy atom. The number of hydrogen-bond acceptors (Lipinski definition) is 5. The van der Waals surface area contributed by atoms with Crippen molar-refractivity contribution in [2.75, 3.05) is 6.61 Å². The minimum Gasteiger partial charge on any atom is -0.465 e. The predicted molar refractivity (Wildman–Crippen MR) is 88.6 cm³/mol. The number of carbonyl (C=O) groups is 1. The highest BCUT2D eigenvalue weighted by Crippen LogP contribution is 2.20. The molecule has 0 aliphatic rings. The molecule has 0 aliphatic heterocycles. The van der Waals surface area contributed by atoms with E-state index >= 15 is 0 Å². The molecule has 0 aromatic heterocycles. The normalized spacial score (nSPS) is 13.9. The summed E-state index contributed by atoms with van der Waals surface area (Å²) in [5.74, 6) is -0.839. The van der Waals surface area contributed by atoms with Crippen LogP contribution in [0.25, 0.3) is 0 Å². The van der Waals surface area contributed by atoms with Crippen LogP contribution in [0.3, 0.4) is 0 Å². The number of nitrogens with one attached hydrogen (secondary N) is 1. The maximum absolute atomic E-state index is 12.5. The standard InChI is InChI=1S/C17H19NO5S/c1-2-23-17(20)15(16(19)13-9-5-3-6-10-13)18-24(21,22)14-11-7-4-8-12-14/h3-12,15-16,18-19H,2H2,1H3. The predicted octanol–water partition coefficient (Wildman–Crippen LogP) is 1.63. The summed E-state index contributed by atoms with van der Waals surface area (Å²) in [6.45, 7) is 1.68. The van der Waals surface area contributed by atoms with Gasteiger partial charge in [-0.3, -0.25) is 4.79 Å². The Hall–Kier alpha value is -2.22. The Labute approximate surface area is 141 Å². The summed E-state index contributed by atoms with van der Waals surface area (Å²) >= 11 is 0. The summed E-state index contributed by atoms with van der Waals surface area (Å²) < 4.78 is 32.1. The summed E-state index contributed by atoms with van der Waals surface area (Å²) in [5.41, 5.74) is 0.409. The number of carbonyl (C=O) groups excluding carboxylic acids is 1. The van der Waals surface area contributed by atoms with Gasteiger partial charge in [-0.2, -0.15) is 4.72 Å². The van der Waals surface area contributed by atoms with Gasteiger partial charge in [-0.05, 0) is 24.6 Å². The van der Waals surface area contributed by atoms with Gasteiger partial charge in [0.2, 0.25) is 10.0 Å². The first-order valence-corrected chi connectivity index (χ1v) is 8.91. The first-order chi connectivity index (χ1) is 11.5. The number of ether oxygens (including phenoxy) is 1. The van der Waals surface area contributed by atoms with Crippen molar-refractivity contribution < 1.29 is 23.1 Å². The molecule has 0 saturated carbocycles. The van der Waals surface area contributed by atoms with Crippen LogP contribution in [-0.4, -0.2) is 32.1 Å². The zero-order chi connectivity index (χ0) is 17.6. The van der Waals surface area contributed by atoms with E-state index in [1.54, 1.807) is 55.5 Å². The van der Waals surface area contributed by atoms with Gasteiger partial charge in [0.05, 0.1) is 11.5 Å². The molecule has 7 heteroatoms. The van der Waals surface area contributed by atoms with E-state index in [0.717, 1.165) is 0 Å². The zero-order valence-electron chi connectivity index (χ0n) is 13.1. The van der Waals surface area contributed by atoms with Gasteiger partial charge in [-0.1, -0.05) is 48.5 Å². The molecule has 0 fully saturated rings. The molecule has 128 valence electrons. The maximum atomic E-state index is 12.5. The topological polar surface area (TPSA) is 92.7 Å². The van der Waals surface area contributed by atoms with Crippen molar-refractivity contribution in [1.29, 1.82) is 0 Å². The maximum Gasteiger partial charge on any atom is 0.327 e. The van der Waals surface area contributed by atoms with E-state index in [0.29, 0.717) is 5.56 Å². The summed E-state index contributed by atoms with van der Waals surface area (Å²) in [4.78, 5) is 12.2. The number of sulfonamides is 1. The molecule has 0 amide bonds. The molecule has 0 heterocycles. The highest BCUT2D eigenvalue weighted by Gasteiger charge is 2.33. The third-order valence-electron chi connectivity index (χ3n) is 3.33. The number of benzene rings is 2. The van der Waals surface area contributed by atoms with E-state index in [1.807, 2.05) is 0 Å². The quantitative estimate of drug-likeness (QED) is 0.741. The summed E-state index contributed by atoms with van der Waals surface area (Å²) in [6.07, 6.45) is -1.37. The van der Waals surface area contributed by atoms with Gasteiger partial charge in [0.15, 0.2) is 0 Å². The fraction of sp³-hybridized carbons (Fsp3) is 0.235. The molecule has 0 bridgehead atoms. The van der Waals surface area contributed by atoms with Crippen LogP contribution in [0.1, 0.15) is 18.6 Å². The molecule has 2 N–H and O–H groups in total. The van der Waals surface area contributed by atoms with Crippen molar-refractivity contribution in [3.63, 3.8) is 0 Å². The van der Waals surface area contributed by atoms with E-state index in [1.165, 1.54) is 12.1 Å². The molecule has 24 heavy (non-hydrogen) atoms. The molecule has 2 unspecified atom stereocenters. The smallest absolute Gasteiger partial charge is 0.327 e. The summed E-state index contributed by atoms with van der Waals surface area (Å²) in [7, 11) is -3.99. The van der Waals surface area contributed by atoms with E-state index < -0.39 is 28.1 Å². The SMILES string of the molecule is CCOC(=O)C(NS(=O)(=O)c1ccccc1)C(O)c1ccccc1. The third kappa shape index (κ3) is 4.41. The molecular formula is C17H19NO5S. The van der Waals surface area contributed by atoms with Crippen molar-refractivity contribution >= 4 is 16.0 Å². The monoisotopic (exact) mass is 349 g/mol. The second-order valence-corrected chi connectivity index (χ2v) is 6.73. The van der Waals surface area contributed by atoms with Gasteiger partial charge < -0.3 is 9.84 Å². The molecule has 0 aliphatic carbocycles. The fourth-order valence-corrected chi connectivity index (χ4v) is 3.36. The lowest BCUT2D eigenvalue weighted by molar-refractivity contribution is -0.148. The van der Waals surface area contributed by atoms with Gasteiger partial charge in [0.1, 0.15) is 12.1 Å². The average Bonchev–Trinajstić information content (AvgIpc) is 2.61. The van der Waals surface area contributed by atoms with Crippen LogP contribution >= 0.6 is 0 Å². The average molecular weight is 349 g/mol. The summed E-state index contributed by atoms with van der Waals surface area (Å²) in [6, 6.07) is 14.5. The van der Waals surface area contributed by atoms with E-state index in [-0.39, 0.29) is 11.5 Å². The van der Waals surface area contributed by atoms with Crippen LogP contribution < -0.4 is 4.72 Å². The van der Waals surface area contributed by atoms with E-state index in [9.17, 15) is 18.3 Å². The van der Waals surface area contributed by atoms with Crippen LogP contribution in [0.2, 0.25) is 0 Å². The number of esters is 1. The van der Waals surface area contributed by atoms with Crippen LogP contribution in [0.15, 0.2) is 65.6 Å². The highest BCUT2D eigenvalue weighted by atomic mass is 32.2. The molecule has 2 aromatic rings. The Balaban J connectivity index is 2.32. The zero-order valence-corrected chi connectivity index (χ0v) is 13.9. The van der Waals surface area contributed by atoms with E-state index in [4.69, 9.17) is 4.74 Å². The van der Waals surface area contributed by atoms with Crippen molar-refractivity contribution in [3.8, 4) is 0 Å². The van der Waals surface area contributed by atoms with Gasteiger partial charge in [0, 0.05) is 0 Å². The molecule has 2 atom stereocenters. The lowest BCUT2D eigenvalue weighted by atomic mass is 10.0. The van der Waals surface area contributed by atoms with Crippen molar-refractivity contribution in [2.45, 2.75) is 24.0 Å². The minimum absolute atomic E-state index is 0.000407. The summed E-state index contributed by atoms with van der Waals surface area (Å²) in [5, 5.41) is 10.5. The molecular weight excluding hydrogens is 330 g/mol. The van der Waals surface area contributed by atoms with Crippen LogP contribution in [0.4, 0.5) is 0 Å². The molecule has 2 aromatic carbocycles. The number of aliphatic hydroxyl groups excluding tert-OH is 1. The third-order valence-corrected chi connectivity index (χ3v) is 4.79. The number of hydrogen-bond donors (Lipinski definition) is 2. The fourth-order valence-electron chi connectivity index (χ4n) is 2.15. The Bertz CT molecular complexity index is 762. The number of rotatable bonds is 7. The van der Waals surface area contributed by atoms with Crippen LogP contribution in [0, 0.1) is 0 Å². The molecule has 2 rings (SSSR count). The van der Waals surface area contributed by atoms with Gasteiger partial charge in [-0.15, -0.1) is 0 Å². The first-order valence-electron chi connectivity index (χ1n) is 7.42. The van der Waals surface area contributed by atoms with Gasteiger partial charge in [0.25, 0.3) is 0 Å². The van der Waals surface area contributed by atoms with Crippen molar-refractivity contribution in [2.24, 2.45) is 0 Å². The minimum atomic E-state index is -3.99. The van der Waals surface area contributed by atoms with Gasteiger partial charge in [-0.25, -0.2) is 8.42 Å². The van der Waals surface area contributed by atoms with Crippen molar-refractivity contribution in [3.05, 3.63) is 66.2 Å². The highest BCUT2D eigenvalue weighted by molar-refractivity contribution is 7.89. The second kappa shape index (κ2) is 8.05. The van der Waals surface area contributed by atoms with E-state index in [2.05, 4.69) is 4.72 Å². The Morgan fingerprint density at radius 3 is 2.17 bits per heavy atom.